The number of aromatic nitrogens is 1. The fourth-order valence-electron chi connectivity index (χ4n) is 3.71. The van der Waals surface area contributed by atoms with Crippen LogP contribution in [0.25, 0.3) is 0 Å². The van der Waals surface area contributed by atoms with Crippen LogP contribution in [0.1, 0.15) is 35.2 Å². The smallest absolute Gasteiger partial charge is 0.376 e. The van der Waals surface area contributed by atoms with Crippen molar-refractivity contribution in [1.82, 2.24) is 4.98 Å². The molecule has 0 saturated heterocycles. The Bertz CT molecular complexity index is 753. The first-order valence-corrected chi connectivity index (χ1v) is 7.60. The first-order valence-electron chi connectivity index (χ1n) is 7.60. The van der Waals surface area contributed by atoms with Crippen molar-refractivity contribution in [2.24, 2.45) is 5.92 Å². The van der Waals surface area contributed by atoms with Gasteiger partial charge in [-0.25, -0.2) is 0 Å². The molecule has 5 heteroatoms. The molecule has 0 spiro atoms. The second-order valence-corrected chi connectivity index (χ2v) is 6.00. The van der Waals surface area contributed by atoms with Gasteiger partial charge in [0, 0.05) is 12.1 Å². The molecule has 0 unspecified atom stereocenters. The molecule has 1 aliphatic carbocycles. The van der Waals surface area contributed by atoms with Crippen LogP contribution >= 0.6 is 0 Å². The van der Waals surface area contributed by atoms with Gasteiger partial charge in [-0.1, -0.05) is 30.4 Å². The predicted octanol–water partition coefficient (Wildman–Crippen LogP) is 4.93. The van der Waals surface area contributed by atoms with Gasteiger partial charge in [0.15, 0.2) is 0 Å². The molecular weight excluding hydrogens is 301 g/mol. The summed E-state index contributed by atoms with van der Waals surface area (Å²) in [6.07, 6.45) is 2.24. The van der Waals surface area contributed by atoms with Crippen LogP contribution in [0.4, 0.5) is 18.9 Å². The van der Waals surface area contributed by atoms with E-state index >= 15 is 0 Å². The Hall–Kier alpha value is -2.30. The van der Waals surface area contributed by atoms with Gasteiger partial charge in [0.1, 0.15) is 0 Å². The summed E-state index contributed by atoms with van der Waals surface area (Å²) in [7, 11) is 0. The van der Waals surface area contributed by atoms with E-state index in [2.05, 4.69) is 16.4 Å². The first kappa shape index (κ1) is 14.3. The number of fused-ring (bicyclic) bond motifs is 3. The van der Waals surface area contributed by atoms with Gasteiger partial charge in [-0.2, -0.15) is 13.2 Å². The number of allylic oxidation sites excluding steroid dienone is 2. The minimum absolute atomic E-state index is 0.000515. The average molecular weight is 316 g/mol. The van der Waals surface area contributed by atoms with E-state index in [9.17, 15) is 13.2 Å². The molecule has 4 rings (SSSR count). The minimum Gasteiger partial charge on any atom is -0.376 e. The van der Waals surface area contributed by atoms with Gasteiger partial charge in [-0.15, -0.1) is 0 Å². The molecule has 2 aliphatic rings. The number of hydrogen-bond donors (Lipinski definition) is 1. The zero-order valence-electron chi connectivity index (χ0n) is 12.2. The zero-order chi connectivity index (χ0) is 16.0. The van der Waals surface area contributed by atoms with Crippen molar-refractivity contribution in [3.63, 3.8) is 0 Å². The molecule has 0 radical (unpaired) electrons. The lowest BCUT2D eigenvalue weighted by Gasteiger charge is -2.38. The standard InChI is InChI=1S/C18H15F3N2/c19-18(20,21)14-8-4-7-12-11-5-3-6-13(11)17(23-16(12)14)15-9-1-2-10-22-15/h1-5,7-11,13,17,23H,6H2/t11-,13-,17-/m0/s1. The largest absolute Gasteiger partial charge is 0.418 e. The first-order chi connectivity index (χ1) is 11.1. The number of halogens is 3. The molecule has 118 valence electrons. The lowest BCUT2D eigenvalue weighted by Crippen LogP contribution is -2.31. The number of pyridine rings is 1. The Morgan fingerprint density at radius 2 is 1.96 bits per heavy atom. The van der Waals surface area contributed by atoms with Crippen LogP contribution in [0.5, 0.6) is 0 Å². The lowest BCUT2D eigenvalue weighted by molar-refractivity contribution is -0.137. The molecule has 0 amide bonds. The maximum Gasteiger partial charge on any atom is 0.418 e. The quantitative estimate of drug-likeness (QED) is 0.755. The highest BCUT2D eigenvalue weighted by molar-refractivity contribution is 5.64. The van der Waals surface area contributed by atoms with Crippen LogP contribution in [0.2, 0.25) is 0 Å². The summed E-state index contributed by atoms with van der Waals surface area (Å²) in [5.41, 5.74) is 1.11. The third-order valence-electron chi connectivity index (χ3n) is 4.71. The fourth-order valence-corrected chi connectivity index (χ4v) is 3.71. The number of nitrogens with one attached hydrogen (secondary N) is 1. The summed E-state index contributed by atoms with van der Waals surface area (Å²) in [4.78, 5) is 4.36. The number of alkyl halides is 3. The van der Waals surface area contributed by atoms with Gasteiger partial charge >= 0.3 is 6.18 Å². The van der Waals surface area contributed by atoms with Crippen LogP contribution in [0.15, 0.2) is 54.7 Å². The van der Waals surface area contributed by atoms with E-state index in [1.165, 1.54) is 6.07 Å². The normalized spacial score (nSPS) is 25.6. The highest BCUT2D eigenvalue weighted by Gasteiger charge is 2.43. The van der Waals surface area contributed by atoms with E-state index in [0.29, 0.717) is 0 Å². The van der Waals surface area contributed by atoms with Crippen LogP contribution in [-0.4, -0.2) is 4.98 Å². The number of rotatable bonds is 1. The van der Waals surface area contributed by atoms with Crippen molar-refractivity contribution in [1.29, 1.82) is 0 Å². The monoisotopic (exact) mass is 316 g/mol. The van der Waals surface area contributed by atoms with Gasteiger partial charge in [-0.3, -0.25) is 4.98 Å². The van der Waals surface area contributed by atoms with Crippen molar-refractivity contribution in [3.8, 4) is 0 Å². The molecule has 1 N–H and O–H groups in total. The molecule has 1 aliphatic heterocycles. The summed E-state index contributed by atoms with van der Waals surface area (Å²) in [5, 5.41) is 3.14. The van der Waals surface area contributed by atoms with Crippen molar-refractivity contribution in [2.75, 3.05) is 5.32 Å². The number of hydrogen-bond acceptors (Lipinski definition) is 2. The summed E-state index contributed by atoms with van der Waals surface area (Å²) < 4.78 is 40.1. The van der Waals surface area contributed by atoms with Gasteiger partial charge in [0.2, 0.25) is 0 Å². The SMILES string of the molecule is FC(F)(F)c1cccc2c1N[C@H](c1ccccn1)[C@H]1CC=C[C@@H]21. The summed E-state index contributed by atoms with van der Waals surface area (Å²) in [6.45, 7) is 0. The lowest BCUT2D eigenvalue weighted by atomic mass is 9.77. The van der Waals surface area contributed by atoms with E-state index < -0.39 is 11.7 Å². The van der Waals surface area contributed by atoms with E-state index in [1.807, 2.05) is 24.3 Å². The van der Waals surface area contributed by atoms with Crippen molar-refractivity contribution in [2.45, 2.75) is 24.6 Å². The summed E-state index contributed by atoms with van der Waals surface area (Å²) in [5.74, 6) is 0.196. The molecule has 0 bridgehead atoms. The Labute approximate surface area is 132 Å². The maximum absolute atomic E-state index is 13.4. The van der Waals surface area contributed by atoms with Gasteiger partial charge < -0.3 is 5.32 Å². The Balaban J connectivity index is 1.86. The van der Waals surface area contributed by atoms with Crippen LogP contribution in [0, 0.1) is 5.92 Å². The topological polar surface area (TPSA) is 24.9 Å². The summed E-state index contributed by atoms with van der Waals surface area (Å²) >= 11 is 0. The van der Waals surface area contributed by atoms with Crippen molar-refractivity contribution < 1.29 is 13.2 Å². The van der Waals surface area contributed by atoms with Gasteiger partial charge in [0.05, 0.1) is 23.0 Å². The molecular formula is C18H15F3N2. The second-order valence-electron chi connectivity index (χ2n) is 6.00. The summed E-state index contributed by atoms with van der Waals surface area (Å²) in [6, 6.07) is 9.76. The average Bonchev–Trinajstić information content (AvgIpc) is 3.03. The van der Waals surface area contributed by atoms with E-state index in [0.717, 1.165) is 23.7 Å². The van der Waals surface area contributed by atoms with E-state index in [1.54, 1.807) is 12.3 Å². The number of anilines is 1. The third-order valence-corrected chi connectivity index (χ3v) is 4.71. The van der Waals surface area contributed by atoms with E-state index in [-0.39, 0.29) is 23.6 Å². The molecule has 2 heterocycles. The molecule has 0 saturated carbocycles. The highest BCUT2D eigenvalue weighted by Crippen LogP contribution is 2.52. The van der Waals surface area contributed by atoms with Gasteiger partial charge in [0.25, 0.3) is 0 Å². The fraction of sp³-hybridized carbons (Fsp3) is 0.278. The number of nitrogens with zero attached hydrogens (tertiary/aromatic N) is 1. The number of benzene rings is 1. The predicted molar refractivity (Wildman–Crippen MR) is 82.0 cm³/mol. The minimum atomic E-state index is -4.37. The second kappa shape index (κ2) is 5.11. The zero-order valence-corrected chi connectivity index (χ0v) is 12.2. The Morgan fingerprint density at radius 3 is 2.70 bits per heavy atom. The molecule has 3 atom stereocenters. The van der Waals surface area contributed by atoms with Crippen molar-refractivity contribution >= 4 is 5.69 Å². The van der Waals surface area contributed by atoms with Crippen LogP contribution in [-0.2, 0) is 6.18 Å². The third kappa shape index (κ3) is 2.31. The van der Waals surface area contributed by atoms with Crippen LogP contribution in [0.3, 0.4) is 0 Å². The number of para-hydroxylation sites is 1. The Kier molecular flexibility index (Phi) is 3.18. The van der Waals surface area contributed by atoms with Crippen LogP contribution < -0.4 is 5.32 Å². The molecule has 2 nitrogen and oxygen atoms in total. The Morgan fingerprint density at radius 1 is 1.09 bits per heavy atom. The molecule has 1 aromatic heterocycles. The molecule has 23 heavy (non-hydrogen) atoms. The molecule has 2 aromatic rings. The maximum atomic E-state index is 13.4. The van der Waals surface area contributed by atoms with E-state index in [4.69, 9.17) is 0 Å². The van der Waals surface area contributed by atoms with Crippen molar-refractivity contribution in [3.05, 3.63) is 71.6 Å². The molecule has 1 aromatic carbocycles. The van der Waals surface area contributed by atoms with Gasteiger partial charge in [-0.05, 0) is 36.1 Å². The highest BCUT2D eigenvalue weighted by atomic mass is 19.4. The molecule has 0 fully saturated rings.